The Balaban J connectivity index is 1.56. The normalized spacial score (nSPS) is 12.8. The van der Waals surface area contributed by atoms with E-state index >= 15 is 0 Å². The highest BCUT2D eigenvalue weighted by Crippen LogP contribution is 2.27. The van der Waals surface area contributed by atoms with Crippen LogP contribution in [0.25, 0.3) is 0 Å². The van der Waals surface area contributed by atoms with Crippen LogP contribution < -0.4 is 4.74 Å². The molecule has 0 fully saturated rings. The maximum atomic E-state index is 13.0. The summed E-state index contributed by atoms with van der Waals surface area (Å²) in [6.45, 7) is 8.42. The van der Waals surface area contributed by atoms with Crippen molar-refractivity contribution in [3.8, 4) is 5.75 Å². The molecule has 0 radical (unpaired) electrons. The highest BCUT2D eigenvalue weighted by Gasteiger charge is 2.17. The zero-order chi connectivity index (χ0) is 19.4. The first-order valence-electron chi connectivity index (χ1n) is 8.79. The molecule has 0 aliphatic carbocycles. The first-order chi connectivity index (χ1) is 12.8. The van der Waals surface area contributed by atoms with E-state index in [1.54, 1.807) is 12.1 Å². The molecule has 0 aliphatic rings. The van der Waals surface area contributed by atoms with Gasteiger partial charge in [-0.3, -0.25) is 0 Å². The second kappa shape index (κ2) is 8.13. The van der Waals surface area contributed by atoms with Gasteiger partial charge < -0.3 is 9.15 Å². The summed E-state index contributed by atoms with van der Waals surface area (Å²) in [7, 11) is 0. The van der Waals surface area contributed by atoms with Gasteiger partial charge >= 0.3 is 0 Å². The molecule has 0 saturated heterocycles. The topological polar surface area (TPSA) is 48.2 Å². The molecule has 0 spiro atoms. The van der Waals surface area contributed by atoms with Crippen LogP contribution in [-0.4, -0.2) is 10.2 Å². The van der Waals surface area contributed by atoms with Gasteiger partial charge in [-0.25, -0.2) is 4.39 Å². The average molecular weight is 386 g/mol. The van der Waals surface area contributed by atoms with Crippen molar-refractivity contribution in [3.05, 3.63) is 71.4 Å². The minimum Gasteiger partial charge on any atom is -0.481 e. The fourth-order valence-corrected chi connectivity index (χ4v) is 3.18. The molecule has 0 bridgehead atoms. The number of halogens is 1. The van der Waals surface area contributed by atoms with Crippen molar-refractivity contribution in [2.45, 2.75) is 50.2 Å². The number of hydrogen-bond acceptors (Lipinski definition) is 5. The van der Waals surface area contributed by atoms with Crippen molar-refractivity contribution in [3.63, 3.8) is 0 Å². The number of benzene rings is 2. The molecule has 2 aromatic carbocycles. The molecule has 0 aliphatic heterocycles. The number of hydrogen-bond donors (Lipinski definition) is 0. The van der Waals surface area contributed by atoms with E-state index in [4.69, 9.17) is 9.15 Å². The Morgan fingerprint density at radius 1 is 1.04 bits per heavy atom. The third kappa shape index (κ3) is 5.32. The summed E-state index contributed by atoms with van der Waals surface area (Å²) in [6.07, 6.45) is -0.414. The largest absolute Gasteiger partial charge is 0.481 e. The van der Waals surface area contributed by atoms with E-state index in [0.717, 1.165) is 5.75 Å². The molecule has 6 heteroatoms. The van der Waals surface area contributed by atoms with Crippen molar-refractivity contribution in [2.24, 2.45) is 0 Å². The molecule has 0 saturated carbocycles. The van der Waals surface area contributed by atoms with Crippen LogP contribution in [0, 0.1) is 5.82 Å². The van der Waals surface area contributed by atoms with Gasteiger partial charge in [-0.05, 0) is 47.7 Å². The Bertz CT molecular complexity index is 870. The molecule has 0 amide bonds. The van der Waals surface area contributed by atoms with Crippen LogP contribution in [0.15, 0.2) is 58.2 Å². The van der Waals surface area contributed by atoms with Crippen molar-refractivity contribution in [1.29, 1.82) is 0 Å². The van der Waals surface area contributed by atoms with Gasteiger partial charge in [-0.15, -0.1) is 10.2 Å². The Kier molecular flexibility index (Phi) is 5.85. The molecule has 27 heavy (non-hydrogen) atoms. The molecule has 1 heterocycles. The summed E-state index contributed by atoms with van der Waals surface area (Å²) in [4.78, 5) is 0. The quantitative estimate of drug-likeness (QED) is 0.491. The molecular formula is C21H23FN2O2S. The molecule has 4 nitrogen and oxygen atoms in total. The summed E-state index contributed by atoms with van der Waals surface area (Å²) < 4.78 is 24.3. The lowest BCUT2D eigenvalue weighted by Crippen LogP contribution is -2.10. The maximum absolute atomic E-state index is 13.0. The number of thioether (sulfide) groups is 1. The molecule has 3 rings (SSSR count). The van der Waals surface area contributed by atoms with Crippen LogP contribution in [0.3, 0.4) is 0 Å². The van der Waals surface area contributed by atoms with Gasteiger partial charge in [-0.1, -0.05) is 56.8 Å². The molecular weight excluding hydrogens is 363 g/mol. The lowest BCUT2D eigenvalue weighted by molar-refractivity contribution is 0.181. The lowest BCUT2D eigenvalue weighted by atomic mass is 9.87. The van der Waals surface area contributed by atoms with Gasteiger partial charge in [-0.2, -0.15) is 0 Å². The van der Waals surface area contributed by atoms with Gasteiger partial charge in [0.15, 0.2) is 6.10 Å². The summed E-state index contributed by atoms with van der Waals surface area (Å²) in [5.74, 6) is 1.39. The van der Waals surface area contributed by atoms with E-state index in [-0.39, 0.29) is 11.2 Å². The molecule has 1 atom stereocenters. The van der Waals surface area contributed by atoms with Gasteiger partial charge in [0.05, 0.1) is 0 Å². The predicted octanol–water partition coefficient (Wildman–Crippen LogP) is 5.94. The summed E-state index contributed by atoms with van der Waals surface area (Å²) >= 11 is 1.49. The van der Waals surface area contributed by atoms with Crippen molar-refractivity contribution in [2.75, 3.05) is 0 Å². The van der Waals surface area contributed by atoms with Crippen LogP contribution in [0.2, 0.25) is 0 Å². The minimum atomic E-state index is -0.414. The number of aromatic nitrogens is 2. The Morgan fingerprint density at radius 3 is 2.33 bits per heavy atom. The highest BCUT2D eigenvalue weighted by atomic mass is 32.2. The third-order valence-corrected chi connectivity index (χ3v) is 4.97. The number of rotatable bonds is 6. The Hall–Kier alpha value is -2.34. The minimum absolute atomic E-state index is 0.147. The average Bonchev–Trinajstić information content (AvgIpc) is 3.11. The lowest BCUT2D eigenvalue weighted by Gasteiger charge is -2.19. The molecule has 3 aromatic rings. The Labute approximate surface area is 163 Å². The van der Waals surface area contributed by atoms with E-state index in [1.165, 1.54) is 35.0 Å². The molecule has 142 valence electrons. The smallest absolute Gasteiger partial charge is 0.277 e. The zero-order valence-corrected chi connectivity index (χ0v) is 16.7. The van der Waals surface area contributed by atoms with E-state index in [2.05, 4.69) is 55.2 Å². The van der Waals surface area contributed by atoms with Crippen LogP contribution in [0.1, 0.15) is 50.8 Å². The number of nitrogens with zero attached hydrogens (tertiary/aromatic N) is 2. The van der Waals surface area contributed by atoms with Crippen molar-refractivity contribution >= 4 is 11.8 Å². The summed E-state index contributed by atoms with van der Waals surface area (Å²) in [6, 6.07) is 14.4. The predicted molar refractivity (Wildman–Crippen MR) is 104 cm³/mol. The van der Waals surface area contributed by atoms with Crippen LogP contribution in [-0.2, 0) is 11.2 Å². The standard InChI is InChI=1S/C21H23FN2O2S/c1-14(25-18-11-9-17(22)10-12-18)19-23-24-20(26-19)27-13-15-5-7-16(8-6-15)21(2,3)4/h5-12,14H,13H2,1-4H3/t14-/m0/s1. The van der Waals surface area contributed by atoms with Crippen molar-refractivity contribution in [1.82, 2.24) is 10.2 Å². The van der Waals surface area contributed by atoms with Crippen LogP contribution in [0.4, 0.5) is 4.39 Å². The van der Waals surface area contributed by atoms with Gasteiger partial charge in [0, 0.05) is 5.75 Å². The van der Waals surface area contributed by atoms with E-state index in [0.29, 0.717) is 16.9 Å². The Morgan fingerprint density at radius 2 is 1.70 bits per heavy atom. The highest BCUT2D eigenvalue weighted by molar-refractivity contribution is 7.98. The SMILES string of the molecule is C[C@H](Oc1ccc(F)cc1)c1nnc(SCc2ccc(C(C)(C)C)cc2)o1. The molecule has 0 N–H and O–H groups in total. The van der Waals surface area contributed by atoms with E-state index < -0.39 is 6.10 Å². The first kappa shape index (κ1) is 19.4. The fraction of sp³-hybridized carbons (Fsp3) is 0.333. The monoisotopic (exact) mass is 386 g/mol. The fourth-order valence-electron chi connectivity index (χ4n) is 2.46. The summed E-state index contributed by atoms with van der Waals surface area (Å²) in [5, 5.41) is 8.62. The third-order valence-electron chi connectivity index (χ3n) is 4.08. The second-order valence-electron chi connectivity index (χ2n) is 7.36. The van der Waals surface area contributed by atoms with E-state index in [9.17, 15) is 4.39 Å². The zero-order valence-electron chi connectivity index (χ0n) is 15.9. The second-order valence-corrected chi connectivity index (χ2v) is 8.28. The van der Waals surface area contributed by atoms with Crippen LogP contribution in [0.5, 0.6) is 5.75 Å². The van der Waals surface area contributed by atoms with Gasteiger partial charge in [0.1, 0.15) is 11.6 Å². The number of ether oxygens (including phenoxy) is 1. The van der Waals surface area contributed by atoms with Gasteiger partial charge in [0.25, 0.3) is 11.1 Å². The van der Waals surface area contributed by atoms with E-state index in [1.807, 2.05) is 6.92 Å². The maximum Gasteiger partial charge on any atom is 0.277 e. The summed E-state index contributed by atoms with van der Waals surface area (Å²) in [5.41, 5.74) is 2.65. The molecule has 1 aromatic heterocycles. The first-order valence-corrected chi connectivity index (χ1v) is 9.77. The molecule has 0 unspecified atom stereocenters. The van der Waals surface area contributed by atoms with Crippen LogP contribution >= 0.6 is 11.8 Å². The van der Waals surface area contributed by atoms with Gasteiger partial charge in [0.2, 0.25) is 0 Å². The van der Waals surface area contributed by atoms with Crippen molar-refractivity contribution < 1.29 is 13.5 Å².